The minimum absolute atomic E-state index is 0.121. The number of carbonyl (C=O) groups is 2. The van der Waals surface area contributed by atoms with E-state index in [0.29, 0.717) is 0 Å². The van der Waals surface area contributed by atoms with Gasteiger partial charge in [0.25, 0.3) is 5.91 Å². The van der Waals surface area contributed by atoms with Crippen molar-refractivity contribution in [1.82, 2.24) is 14.9 Å². The molecular formula is C8H9N3O4S. The van der Waals surface area contributed by atoms with E-state index in [0.717, 1.165) is 11.5 Å². The van der Waals surface area contributed by atoms with Crippen molar-refractivity contribution < 1.29 is 19.4 Å². The maximum atomic E-state index is 11.6. The molecule has 1 aliphatic heterocycles. The third-order valence-corrected chi connectivity index (χ3v) is 2.81. The van der Waals surface area contributed by atoms with E-state index in [1.54, 1.807) is 0 Å². The Morgan fingerprint density at radius 2 is 2.38 bits per heavy atom. The largest absolute Gasteiger partial charge is 0.481 e. The summed E-state index contributed by atoms with van der Waals surface area (Å²) in [5, 5.41) is 16.5. The van der Waals surface area contributed by atoms with E-state index in [9.17, 15) is 9.59 Å². The highest BCUT2D eigenvalue weighted by atomic mass is 32.1. The third kappa shape index (κ3) is 2.17. The monoisotopic (exact) mass is 243 g/mol. The molecular weight excluding hydrogens is 234 g/mol. The van der Waals surface area contributed by atoms with Gasteiger partial charge in [-0.2, -0.15) is 0 Å². The van der Waals surface area contributed by atoms with Gasteiger partial charge in [-0.25, -0.2) is 0 Å². The molecule has 7 nitrogen and oxygen atoms in total. The maximum absolute atomic E-state index is 11.6. The molecule has 1 aliphatic rings. The molecule has 8 heteroatoms. The van der Waals surface area contributed by atoms with Gasteiger partial charge >= 0.3 is 5.97 Å². The average Bonchev–Trinajstić information content (AvgIpc) is 2.86. The van der Waals surface area contributed by atoms with Gasteiger partial charge in [0.05, 0.1) is 19.3 Å². The second-order valence-electron chi connectivity index (χ2n) is 3.35. The Morgan fingerprint density at radius 1 is 1.56 bits per heavy atom. The Bertz CT molecular complexity index is 394. The first-order chi connectivity index (χ1) is 7.68. The fourth-order valence-electron chi connectivity index (χ4n) is 1.45. The number of nitrogens with one attached hydrogen (secondary N) is 1. The van der Waals surface area contributed by atoms with Gasteiger partial charge in [0.2, 0.25) is 0 Å². The molecule has 1 saturated heterocycles. The second-order valence-corrected chi connectivity index (χ2v) is 3.96. The van der Waals surface area contributed by atoms with E-state index in [-0.39, 0.29) is 18.9 Å². The van der Waals surface area contributed by atoms with Crippen molar-refractivity contribution in [2.75, 3.05) is 13.2 Å². The molecule has 1 amide bonds. The van der Waals surface area contributed by atoms with E-state index in [1.165, 1.54) is 5.38 Å². The van der Waals surface area contributed by atoms with Gasteiger partial charge in [0.1, 0.15) is 5.92 Å². The van der Waals surface area contributed by atoms with Gasteiger partial charge in [-0.15, -0.1) is 5.10 Å². The van der Waals surface area contributed by atoms with Crippen molar-refractivity contribution >= 4 is 23.4 Å². The highest BCUT2D eigenvalue weighted by Gasteiger charge is 2.35. The lowest BCUT2D eigenvalue weighted by atomic mass is 10.0. The van der Waals surface area contributed by atoms with Crippen molar-refractivity contribution in [3.05, 3.63) is 11.1 Å². The standard InChI is InChI=1S/C8H9N3O4S/c12-7(6-3-16-11-10-6)9-5-2-15-1-4(5)8(13)14/h3-5H,1-2H2,(H,9,12)(H,13,14). The van der Waals surface area contributed by atoms with Gasteiger partial charge in [0.15, 0.2) is 5.69 Å². The number of ether oxygens (including phenoxy) is 1. The summed E-state index contributed by atoms with van der Waals surface area (Å²) in [6.45, 7) is 0.329. The van der Waals surface area contributed by atoms with Crippen LogP contribution in [0.4, 0.5) is 0 Å². The predicted molar refractivity (Wildman–Crippen MR) is 53.1 cm³/mol. The first kappa shape index (κ1) is 11.0. The molecule has 1 aromatic heterocycles. The Balaban J connectivity index is 1.99. The number of carboxylic acids is 1. The molecule has 0 aromatic carbocycles. The summed E-state index contributed by atoms with van der Waals surface area (Å²) in [6, 6.07) is -0.508. The quantitative estimate of drug-likeness (QED) is 0.732. The van der Waals surface area contributed by atoms with Crippen LogP contribution in [0.25, 0.3) is 0 Å². The number of aromatic nitrogens is 2. The number of aliphatic carboxylic acids is 1. The normalized spacial score (nSPS) is 24.2. The molecule has 2 heterocycles. The van der Waals surface area contributed by atoms with Crippen LogP contribution in [0.2, 0.25) is 0 Å². The predicted octanol–water partition coefficient (Wildman–Crippen LogP) is -0.633. The van der Waals surface area contributed by atoms with Crippen molar-refractivity contribution in [1.29, 1.82) is 0 Å². The zero-order chi connectivity index (χ0) is 11.5. The van der Waals surface area contributed by atoms with E-state index in [4.69, 9.17) is 9.84 Å². The highest BCUT2D eigenvalue weighted by Crippen LogP contribution is 2.14. The molecule has 86 valence electrons. The average molecular weight is 243 g/mol. The molecule has 2 unspecified atom stereocenters. The lowest BCUT2D eigenvalue weighted by Gasteiger charge is -2.14. The van der Waals surface area contributed by atoms with Crippen LogP contribution in [0.3, 0.4) is 0 Å². The van der Waals surface area contributed by atoms with Crippen LogP contribution >= 0.6 is 11.5 Å². The molecule has 1 fully saturated rings. The van der Waals surface area contributed by atoms with Crippen LogP contribution < -0.4 is 5.32 Å². The molecule has 0 bridgehead atoms. The summed E-state index contributed by atoms with van der Waals surface area (Å²) in [7, 11) is 0. The van der Waals surface area contributed by atoms with Crippen LogP contribution in [0, 0.1) is 5.92 Å². The van der Waals surface area contributed by atoms with Crippen molar-refractivity contribution in [2.24, 2.45) is 5.92 Å². The van der Waals surface area contributed by atoms with Crippen LogP contribution in [0.15, 0.2) is 5.38 Å². The molecule has 0 radical (unpaired) electrons. The zero-order valence-corrected chi connectivity index (χ0v) is 8.94. The van der Waals surface area contributed by atoms with Gasteiger partial charge in [-0.1, -0.05) is 4.49 Å². The third-order valence-electron chi connectivity index (χ3n) is 2.31. The lowest BCUT2D eigenvalue weighted by molar-refractivity contribution is -0.142. The van der Waals surface area contributed by atoms with Crippen LogP contribution in [-0.2, 0) is 9.53 Å². The Hall–Kier alpha value is -1.54. The van der Waals surface area contributed by atoms with Gasteiger partial charge in [-0.3, -0.25) is 9.59 Å². The molecule has 0 saturated carbocycles. The summed E-state index contributed by atoms with van der Waals surface area (Å²) >= 11 is 1.06. The fourth-order valence-corrected chi connectivity index (χ4v) is 1.88. The van der Waals surface area contributed by atoms with Crippen LogP contribution in [-0.4, -0.2) is 45.8 Å². The second kappa shape index (κ2) is 4.54. The number of nitrogens with zero attached hydrogens (tertiary/aromatic N) is 2. The number of carbonyl (C=O) groups excluding carboxylic acids is 1. The molecule has 0 spiro atoms. The number of carboxylic acid groups (broad SMARTS) is 1. The zero-order valence-electron chi connectivity index (χ0n) is 8.12. The van der Waals surface area contributed by atoms with Crippen molar-refractivity contribution in [3.63, 3.8) is 0 Å². The summed E-state index contributed by atoms with van der Waals surface area (Å²) in [6.07, 6.45) is 0. The molecule has 0 aliphatic carbocycles. The highest BCUT2D eigenvalue weighted by molar-refractivity contribution is 7.03. The van der Waals surface area contributed by atoms with Crippen LogP contribution in [0.5, 0.6) is 0 Å². The summed E-state index contributed by atoms with van der Waals surface area (Å²) in [5.41, 5.74) is 0.195. The number of hydrogen-bond acceptors (Lipinski definition) is 6. The van der Waals surface area contributed by atoms with Gasteiger partial charge < -0.3 is 15.2 Å². The summed E-state index contributed by atoms with van der Waals surface area (Å²) in [5.74, 6) is -2.09. The molecule has 1 aromatic rings. The molecule has 2 rings (SSSR count). The number of hydrogen-bond donors (Lipinski definition) is 2. The van der Waals surface area contributed by atoms with E-state index in [1.807, 2.05) is 0 Å². The molecule has 16 heavy (non-hydrogen) atoms. The first-order valence-corrected chi connectivity index (χ1v) is 5.40. The summed E-state index contributed by atoms with van der Waals surface area (Å²) in [4.78, 5) is 22.4. The Kier molecular flexibility index (Phi) is 3.11. The van der Waals surface area contributed by atoms with Gasteiger partial charge in [0, 0.05) is 5.38 Å². The fraction of sp³-hybridized carbons (Fsp3) is 0.500. The van der Waals surface area contributed by atoms with Crippen molar-refractivity contribution in [3.8, 4) is 0 Å². The topological polar surface area (TPSA) is 101 Å². The maximum Gasteiger partial charge on any atom is 0.311 e. The van der Waals surface area contributed by atoms with Crippen LogP contribution in [0.1, 0.15) is 10.5 Å². The van der Waals surface area contributed by atoms with Crippen molar-refractivity contribution in [2.45, 2.75) is 6.04 Å². The van der Waals surface area contributed by atoms with E-state index >= 15 is 0 Å². The molecule has 2 atom stereocenters. The minimum Gasteiger partial charge on any atom is -0.481 e. The van der Waals surface area contributed by atoms with E-state index in [2.05, 4.69) is 14.9 Å². The smallest absolute Gasteiger partial charge is 0.311 e. The Morgan fingerprint density at radius 3 is 3.00 bits per heavy atom. The number of rotatable bonds is 3. The molecule has 2 N–H and O–H groups in total. The van der Waals surface area contributed by atoms with E-state index < -0.39 is 23.8 Å². The minimum atomic E-state index is -0.973. The number of amides is 1. The summed E-state index contributed by atoms with van der Waals surface area (Å²) < 4.78 is 8.58. The first-order valence-electron chi connectivity index (χ1n) is 4.57. The Labute approximate surface area is 94.6 Å². The van der Waals surface area contributed by atoms with Gasteiger partial charge in [-0.05, 0) is 11.5 Å². The SMILES string of the molecule is O=C(NC1COCC1C(=O)O)c1csnn1. The lowest BCUT2D eigenvalue weighted by Crippen LogP contribution is -2.42.